The van der Waals surface area contributed by atoms with Gasteiger partial charge in [0, 0.05) is 43.1 Å². The van der Waals surface area contributed by atoms with Gasteiger partial charge in [0.15, 0.2) is 0 Å². The molecule has 0 spiro atoms. The minimum absolute atomic E-state index is 0.507. The van der Waals surface area contributed by atoms with Gasteiger partial charge in [0.25, 0.3) is 10.2 Å². The third kappa shape index (κ3) is 5.18. The number of piperazine rings is 1. The van der Waals surface area contributed by atoms with E-state index in [0.29, 0.717) is 5.69 Å². The van der Waals surface area contributed by atoms with Crippen molar-refractivity contribution in [2.45, 2.75) is 26.3 Å². The van der Waals surface area contributed by atoms with Crippen LogP contribution in [-0.4, -0.2) is 40.1 Å². The number of hydrogen-bond acceptors (Lipinski definition) is 4. The fourth-order valence-electron chi connectivity index (χ4n) is 2.25. The van der Waals surface area contributed by atoms with Crippen molar-refractivity contribution >= 4 is 21.6 Å². The molecule has 0 radical (unpaired) electrons. The van der Waals surface area contributed by atoms with E-state index in [9.17, 15) is 8.42 Å². The highest BCUT2D eigenvalue weighted by molar-refractivity contribution is 7.90. The Balaban J connectivity index is 2.02. The summed E-state index contributed by atoms with van der Waals surface area (Å²) in [6.07, 6.45) is 0. The Kier molecular flexibility index (Phi) is 4.75. The predicted molar refractivity (Wildman–Crippen MR) is 87.0 cm³/mol. The van der Waals surface area contributed by atoms with Gasteiger partial charge in [-0.2, -0.15) is 13.1 Å². The summed E-state index contributed by atoms with van der Waals surface area (Å²) in [6, 6.07) is 7.47. The van der Waals surface area contributed by atoms with E-state index in [1.165, 1.54) is 0 Å². The molecule has 118 valence electrons. The molecule has 0 saturated carbocycles. The van der Waals surface area contributed by atoms with Crippen LogP contribution in [0.25, 0.3) is 0 Å². The van der Waals surface area contributed by atoms with E-state index < -0.39 is 15.7 Å². The molecule has 0 atom stereocenters. The average Bonchev–Trinajstić information content (AvgIpc) is 2.37. The lowest BCUT2D eigenvalue weighted by atomic mass is 10.1. The summed E-state index contributed by atoms with van der Waals surface area (Å²) in [5.41, 5.74) is 1.17. The largest absolute Gasteiger partial charge is 0.369 e. The second-order valence-electron chi connectivity index (χ2n) is 6.24. The smallest absolute Gasteiger partial charge is 0.299 e. The van der Waals surface area contributed by atoms with E-state index >= 15 is 0 Å². The molecule has 0 aliphatic carbocycles. The van der Waals surface area contributed by atoms with Crippen LogP contribution in [0.1, 0.15) is 20.8 Å². The van der Waals surface area contributed by atoms with Crippen molar-refractivity contribution in [2.24, 2.45) is 0 Å². The standard InChI is InChI=1S/C14H24N4O2S/c1-14(2,3)17-21(19,20)16-12-4-6-13(7-5-12)18-10-8-15-9-11-18/h4-7,15-17H,8-11H2,1-3H3. The van der Waals surface area contributed by atoms with Gasteiger partial charge in [-0.15, -0.1) is 0 Å². The first-order valence-electron chi connectivity index (χ1n) is 7.13. The lowest BCUT2D eigenvalue weighted by Gasteiger charge is -2.29. The molecule has 21 heavy (non-hydrogen) atoms. The molecule has 0 aromatic heterocycles. The molecule has 1 aromatic rings. The van der Waals surface area contributed by atoms with E-state index in [4.69, 9.17) is 0 Å². The molecule has 1 aromatic carbocycles. The van der Waals surface area contributed by atoms with Gasteiger partial charge in [0.1, 0.15) is 0 Å². The minimum atomic E-state index is -3.55. The maximum Gasteiger partial charge on any atom is 0.299 e. The third-order valence-electron chi connectivity index (χ3n) is 3.04. The number of anilines is 2. The first-order valence-corrected chi connectivity index (χ1v) is 8.61. The van der Waals surface area contributed by atoms with Gasteiger partial charge in [-0.25, -0.2) is 0 Å². The molecule has 1 aliphatic rings. The van der Waals surface area contributed by atoms with Crippen LogP contribution in [0.15, 0.2) is 24.3 Å². The Morgan fingerprint density at radius 2 is 1.67 bits per heavy atom. The van der Waals surface area contributed by atoms with Crippen molar-refractivity contribution in [1.29, 1.82) is 0 Å². The Hall–Kier alpha value is -1.31. The van der Waals surface area contributed by atoms with Crippen LogP contribution in [0.3, 0.4) is 0 Å². The quantitative estimate of drug-likeness (QED) is 0.779. The third-order valence-corrected chi connectivity index (χ3v) is 4.43. The molecule has 7 heteroatoms. The van der Waals surface area contributed by atoms with Gasteiger partial charge < -0.3 is 10.2 Å². The topological polar surface area (TPSA) is 73.5 Å². The molecule has 1 fully saturated rings. The highest BCUT2D eigenvalue weighted by atomic mass is 32.2. The first kappa shape index (κ1) is 16.1. The Bertz CT molecular complexity index is 558. The first-order chi connectivity index (χ1) is 9.75. The molecular formula is C14H24N4O2S. The molecule has 3 N–H and O–H groups in total. The fraction of sp³-hybridized carbons (Fsp3) is 0.571. The molecule has 1 aliphatic heterocycles. The molecule has 1 saturated heterocycles. The molecule has 0 amide bonds. The number of nitrogens with zero attached hydrogens (tertiary/aromatic N) is 1. The zero-order valence-corrected chi connectivity index (χ0v) is 13.6. The van der Waals surface area contributed by atoms with Crippen LogP contribution in [0.4, 0.5) is 11.4 Å². The van der Waals surface area contributed by atoms with Crippen molar-refractivity contribution in [2.75, 3.05) is 35.8 Å². The number of nitrogens with one attached hydrogen (secondary N) is 3. The average molecular weight is 312 g/mol. The molecule has 1 heterocycles. The zero-order valence-electron chi connectivity index (χ0n) is 12.8. The van der Waals surface area contributed by atoms with Crippen molar-refractivity contribution < 1.29 is 8.42 Å². The van der Waals surface area contributed by atoms with E-state index in [-0.39, 0.29) is 0 Å². The summed E-state index contributed by atoms with van der Waals surface area (Å²) in [5.74, 6) is 0. The van der Waals surface area contributed by atoms with Gasteiger partial charge in [0.05, 0.1) is 0 Å². The van der Waals surface area contributed by atoms with E-state index in [1.54, 1.807) is 32.9 Å². The van der Waals surface area contributed by atoms with Crippen molar-refractivity contribution in [3.05, 3.63) is 24.3 Å². The fourth-order valence-corrected chi connectivity index (χ4v) is 3.55. The zero-order chi connectivity index (χ0) is 15.5. The van der Waals surface area contributed by atoms with Crippen LogP contribution in [-0.2, 0) is 10.2 Å². The summed E-state index contributed by atoms with van der Waals surface area (Å²) in [7, 11) is -3.55. The Morgan fingerprint density at radius 3 is 2.19 bits per heavy atom. The van der Waals surface area contributed by atoms with Gasteiger partial charge in [-0.05, 0) is 45.0 Å². The van der Waals surface area contributed by atoms with Crippen molar-refractivity contribution in [1.82, 2.24) is 10.0 Å². The van der Waals surface area contributed by atoms with Crippen LogP contribution < -0.4 is 19.7 Å². The van der Waals surface area contributed by atoms with Gasteiger partial charge in [-0.1, -0.05) is 0 Å². The lowest BCUT2D eigenvalue weighted by Crippen LogP contribution is -2.44. The van der Waals surface area contributed by atoms with Crippen molar-refractivity contribution in [3.63, 3.8) is 0 Å². The van der Waals surface area contributed by atoms with E-state index in [1.807, 2.05) is 12.1 Å². The molecule has 0 bridgehead atoms. The lowest BCUT2D eigenvalue weighted by molar-refractivity contribution is 0.494. The van der Waals surface area contributed by atoms with Gasteiger partial charge >= 0.3 is 0 Å². The van der Waals surface area contributed by atoms with E-state index in [0.717, 1.165) is 31.9 Å². The molecular weight excluding hydrogens is 288 g/mol. The Morgan fingerprint density at radius 1 is 1.10 bits per heavy atom. The van der Waals surface area contributed by atoms with E-state index in [2.05, 4.69) is 19.7 Å². The molecule has 6 nitrogen and oxygen atoms in total. The monoisotopic (exact) mass is 312 g/mol. The number of hydrogen-bond donors (Lipinski definition) is 3. The van der Waals surface area contributed by atoms with Gasteiger partial charge in [-0.3, -0.25) is 4.72 Å². The van der Waals surface area contributed by atoms with Crippen molar-refractivity contribution in [3.8, 4) is 0 Å². The molecule has 0 unspecified atom stereocenters. The maximum absolute atomic E-state index is 12.0. The summed E-state index contributed by atoms with van der Waals surface area (Å²) >= 11 is 0. The normalized spacial score (nSPS) is 16.8. The minimum Gasteiger partial charge on any atom is -0.369 e. The Labute approximate surface area is 127 Å². The number of benzene rings is 1. The summed E-state index contributed by atoms with van der Waals surface area (Å²) in [5, 5.41) is 3.31. The highest BCUT2D eigenvalue weighted by Gasteiger charge is 2.19. The summed E-state index contributed by atoms with van der Waals surface area (Å²) in [4.78, 5) is 2.28. The second-order valence-corrected chi connectivity index (χ2v) is 7.66. The molecule has 2 rings (SSSR count). The van der Waals surface area contributed by atoms with Crippen LogP contribution >= 0.6 is 0 Å². The maximum atomic E-state index is 12.0. The second kappa shape index (κ2) is 6.21. The summed E-state index contributed by atoms with van der Waals surface area (Å²) in [6.45, 7) is 9.31. The highest BCUT2D eigenvalue weighted by Crippen LogP contribution is 2.19. The number of rotatable bonds is 4. The van der Waals surface area contributed by atoms with Crippen LogP contribution in [0.2, 0.25) is 0 Å². The SMILES string of the molecule is CC(C)(C)NS(=O)(=O)Nc1ccc(N2CCNCC2)cc1. The van der Waals surface area contributed by atoms with Crippen LogP contribution in [0.5, 0.6) is 0 Å². The summed E-state index contributed by atoms with van der Waals surface area (Å²) < 4.78 is 29.0. The van der Waals surface area contributed by atoms with Gasteiger partial charge in [0.2, 0.25) is 0 Å². The predicted octanol–water partition coefficient (Wildman–Crippen LogP) is 1.14. The van der Waals surface area contributed by atoms with Crippen LogP contribution in [0, 0.1) is 0 Å².